The summed E-state index contributed by atoms with van der Waals surface area (Å²) >= 11 is 0. The first-order valence-electron chi connectivity index (χ1n) is 5.36. The van der Waals surface area contributed by atoms with Gasteiger partial charge < -0.3 is 15.1 Å². The number of fused-ring (bicyclic) bond motifs is 1. The first-order valence-corrected chi connectivity index (χ1v) is 5.36. The Morgan fingerprint density at radius 1 is 1.56 bits per heavy atom. The molecule has 1 aromatic carbocycles. The van der Waals surface area contributed by atoms with E-state index in [4.69, 9.17) is 5.11 Å². The minimum Gasteiger partial charge on any atom is -0.480 e. The molecule has 0 unspecified atom stereocenters. The summed E-state index contributed by atoms with van der Waals surface area (Å²) in [5, 5.41) is 18.2. The van der Waals surface area contributed by atoms with E-state index in [1.165, 1.54) is 0 Å². The number of aliphatic hydroxyl groups excluding tert-OH is 1. The summed E-state index contributed by atoms with van der Waals surface area (Å²) in [4.78, 5) is 12.8. The van der Waals surface area contributed by atoms with E-state index in [-0.39, 0.29) is 6.61 Å². The van der Waals surface area contributed by atoms with Gasteiger partial charge >= 0.3 is 5.97 Å². The Bertz CT molecular complexity index is 417. The Labute approximate surface area is 94.1 Å². The van der Waals surface area contributed by atoms with Gasteiger partial charge in [-0.3, -0.25) is 0 Å². The van der Waals surface area contributed by atoms with Crippen molar-refractivity contribution in [2.75, 3.05) is 11.4 Å². The van der Waals surface area contributed by atoms with E-state index >= 15 is 0 Å². The van der Waals surface area contributed by atoms with Gasteiger partial charge in [0.1, 0.15) is 6.04 Å². The van der Waals surface area contributed by atoms with Crippen LogP contribution in [0.5, 0.6) is 0 Å². The standard InChI is InChI=1S/C12H15NO3/c1-8(12(15)16)13-6-5-10-9(7-14)3-2-4-11(10)13/h2-4,8,14H,5-7H2,1H3,(H,15,16)/t8-/m0/s1. The molecular formula is C12H15NO3. The summed E-state index contributed by atoms with van der Waals surface area (Å²) in [5.74, 6) is -0.817. The minimum atomic E-state index is -0.817. The van der Waals surface area contributed by atoms with Crippen molar-refractivity contribution in [1.82, 2.24) is 0 Å². The van der Waals surface area contributed by atoms with Crippen LogP contribution in [0.3, 0.4) is 0 Å². The van der Waals surface area contributed by atoms with Crippen molar-refractivity contribution in [3.05, 3.63) is 29.3 Å². The van der Waals surface area contributed by atoms with Crippen LogP contribution in [0.1, 0.15) is 18.1 Å². The molecule has 2 rings (SSSR count). The third-order valence-corrected chi connectivity index (χ3v) is 3.16. The van der Waals surface area contributed by atoms with Gasteiger partial charge in [0.15, 0.2) is 0 Å². The Morgan fingerprint density at radius 3 is 2.94 bits per heavy atom. The Morgan fingerprint density at radius 2 is 2.31 bits per heavy atom. The molecule has 1 aliphatic heterocycles. The highest BCUT2D eigenvalue weighted by Gasteiger charge is 2.28. The SMILES string of the molecule is C[C@@H](C(=O)O)N1CCc2c(CO)cccc21. The number of carboxylic acid groups (broad SMARTS) is 1. The second-order valence-corrected chi connectivity index (χ2v) is 4.03. The number of hydrogen-bond acceptors (Lipinski definition) is 3. The minimum absolute atomic E-state index is 0.0124. The number of nitrogens with zero attached hydrogens (tertiary/aromatic N) is 1. The number of aliphatic hydroxyl groups is 1. The molecule has 4 nitrogen and oxygen atoms in total. The average Bonchev–Trinajstić information content (AvgIpc) is 2.71. The highest BCUT2D eigenvalue weighted by atomic mass is 16.4. The number of carboxylic acids is 1. The smallest absolute Gasteiger partial charge is 0.326 e. The van der Waals surface area contributed by atoms with E-state index in [0.29, 0.717) is 6.54 Å². The molecule has 1 heterocycles. The summed E-state index contributed by atoms with van der Waals surface area (Å²) in [7, 11) is 0. The summed E-state index contributed by atoms with van der Waals surface area (Å²) in [6.07, 6.45) is 0.809. The fourth-order valence-electron chi connectivity index (χ4n) is 2.22. The van der Waals surface area contributed by atoms with Crippen LogP contribution in [0.15, 0.2) is 18.2 Å². The third kappa shape index (κ3) is 1.65. The molecule has 1 aliphatic rings. The fraction of sp³-hybridized carbons (Fsp3) is 0.417. The van der Waals surface area contributed by atoms with Crippen LogP contribution in [0.25, 0.3) is 0 Å². The molecule has 1 aromatic rings. The van der Waals surface area contributed by atoms with Crippen molar-refractivity contribution in [2.45, 2.75) is 26.0 Å². The highest BCUT2D eigenvalue weighted by Crippen LogP contribution is 2.32. The van der Waals surface area contributed by atoms with Crippen LogP contribution in [-0.2, 0) is 17.8 Å². The molecule has 0 aliphatic carbocycles. The van der Waals surface area contributed by atoms with Crippen LogP contribution in [0.4, 0.5) is 5.69 Å². The predicted molar refractivity (Wildman–Crippen MR) is 60.5 cm³/mol. The van der Waals surface area contributed by atoms with Crippen LogP contribution >= 0.6 is 0 Å². The number of benzene rings is 1. The molecule has 0 amide bonds. The van der Waals surface area contributed by atoms with E-state index in [2.05, 4.69) is 0 Å². The topological polar surface area (TPSA) is 60.8 Å². The monoisotopic (exact) mass is 221 g/mol. The average molecular weight is 221 g/mol. The molecule has 1 atom stereocenters. The molecule has 0 radical (unpaired) electrons. The molecule has 0 aromatic heterocycles. The number of hydrogen-bond donors (Lipinski definition) is 2. The number of carbonyl (C=O) groups is 1. The molecule has 2 N–H and O–H groups in total. The molecule has 4 heteroatoms. The summed E-state index contributed by atoms with van der Waals surface area (Å²) < 4.78 is 0. The molecule has 0 fully saturated rings. The molecule has 0 bridgehead atoms. The number of rotatable bonds is 3. The van der Waals surface area contributed by atoms with Gasteiger partial charge in [-0.15, -0.1) is 0 Å². The van der Waals surface area contributed by atoms with Gasteiger partial charge in [0, 0.05) is 12.2 Å². The first-order chi connectivity index (χ1) is 7.65. The van der Waals surface area contributed by atoms with E-state index in [0.717, 1.165) is 23.2 Å². The van der Waals surface area contributed by atoms with Gasteiger partial charge in [0.05, 0.1) is 6.61 Å². The lowest BCUT2D eigenvalue weighted by Gasteiger charge is -2.23. The quantitative estimate of drug-likeness (QED) is 0.799. The molecule has 0 saturated carbocycles. The van der Waals surface area contributed by atoms with Crippen LogP contribution < -0.4 is 4.90 Å². The van der Waals surface area contributed by atoms with Crippen molar-refractivity contribution in [2.24, 2.45) is 0 Å². The maximum atomic E-state index is 11.0. The first kappa shape index (κ1) is 11.0. The van der Waals surface area contributed by atoms with Gasteiger partial charge in [0.2, 0.25) is 0 Å². The fourth-order valence-corrected chi connectivity index (χ4v) is 2.22. The predicted octanol–water partition coefficient (Wildman–Crippen LogP) is 1.01. The lowest BCUT2D eigenvalue weighted by molar-refractivity contribution is -0.138. The van der Waals surface area contributed by atoms with Gasteiger partial charge in [0.25, 0.3) is 0 Å². The maximum Gasteiger partial charge on any atom is 0.326 e. The van der Waals surface area contributed by atoms with Gasteiger partial charge in [-0.1, -0.05) is 12.1 Å². The molecule has 86 valence electrons. The number of anilines is 1. The van der Waals surface area contributed by atoms with E-state index in [1.54, 1.807) is 6.92 Å². The van der Waals surface area contributed by atoms with Crippen molar-refractivity contribution in [3.8, 4) is 0 Å². The van der Waals surface area contributed by atoms with Crippen molar-refractivity contribution in [3.63, 3.8) is 0 Å². The van der Waals surface area contributed by atoms with Crippen molar-refractivity contribution >= 4 is 11.7 Å². The highest BCUT2D eigenvalue weighted by molar-refractivity contribution is 5.79. The van der Waals surface area contributed by atoms with Crippen molar-refractivity contribution < 1.29 is 15.0 Å². The van der Waals surface area contributed by atoms with E-state index in [1.807, 2.05) is 23.1 Å². The van der Waals surface area contributed by atoms with Gasteiger partial charge in [-0.2, -0.15) is 0 Å². The zero-order valence-corrected chi connectivity index (χ0v) is 9.18. The van der Waals surface area contributed by atoms with Gasteiger partial charge in [-0.05, 0) is 30.5 Å². The second kappa shape index (κ2) is 4.14. The zero-order chi connectivity index (χ0) is 11.7. The summed E-state index contributed by atoms with van der Waals surface area (Å²) in [5.41, 5.74) is 2.93. The Hall–Kier alpha value is -1.55. The maximum absolute atomic E-state index is 11.0. The lowest BCUT2D eigenvalue weighted by atomic mass is 10.1. The largest absolute Gasteiger partial charge is 0.480 e. The van der Waals surface area contributed by atoms with Crippen molar-refractivity contribution in [1.29, 1.82) is 0 Å². The lowest BCUT2D eigenvalue weighted by Crippen LogP contribution is -2.37. The third-order valence-electron chi connectivity index (χ3n) is 3.16. The second-order valence-electron chi connectivity index (χ2n) is 4.03. The van der Waals surface area contributed by atoms with Gasteiger partial charge in [-0.25, -0.2) is 4.79 Å². The van der Waals surface area contributed by atoms with E-state index in [9.17, 15) is 9.90 Å². The normalized spacial score (nSPS) is 16.0. The Balaban J connectivity index is 2.37. The molecule has 16 heavy (non-hydrogen) atoms. The van der Waals surface area contributed by atoms with Crippen LogP contribution in [0.2, 0.25) is 0 Å². The molecule has 0 spiro atoms. The summed E-state index contributed by atoms with van der Waals surface area (Å²) in [6.45, 7) is 2.40. The molecule has 0 saturated heterocycles. The Kier molecular flexibility index (Phi) is 2.83. The number of aliphatic carboxylic acids is 1. The van der Waals surface area contributed by atoms with E-state index < -0.39 is 12.0 Å². The molecular weight excluding hydrogens is 206 g/mol. The van der Waals surface area contributed by atoms with Crippen LogP contribution in [0, 0.1) is 0 Å². The summed E-state index contributed by atoms with van der Waals surface area (Å²) in [6, 6.07) is 5.14. The van der Waals surface area contributed by atoms with Crippen LogP contribution in [-0.4, -0.2) is 28.8 Å². The zero-order valence-electron chi connectivity index (χ0n) is 9.18.